The molecule has 0 aromatic rings. The van der Waals surface area contributed by atoms with Gasteiger partial charge in [0, 0.05) is 6.42 Å². The quantitative estimate of drug-likeness (QED) is 0.0204. The van der Waals surface area contributed by atoms with Crippen molar-refractivity contribution in [2.24, 2.45) is 0 Å². The smallest absolute Gasteiger partial charge is 0.220 e. The number of unbranched alkanes of at least 4 members (excludes halogenated alkanes) is 19. The summed E-state index contributed by atoms with van der Waals surface area (Å²) in [6.07, 6.45) is 64.9. The molecule has 12 unspecified atom stereocenters. The number of hydrogen-bond donors (Lipinski definition) is 9. The third-order valence-corrected chi connectivity index (χ3v) is 15.3. The van der Waals surface area contributed by atoms with Crippen LogP contribution in [0.2, 0.25) is 0 Å². The van der Waals surface area contributed by atoms with Crippen LogP contribution in [0, 0.1) is 0 Å². The van der Waals surface area contributed by atoms with E-state index in [1.165, 1.54) is 83.5 Å². The number of carbonyl (C=O) groups is 1. The van der Waals surface area contributed by atoms with Gasteiger partial charge >= 0.3 is 0 Å². The average Bonchev–Trinajstić information content (AvgIpc) is 2.46. The van der Waals surface area contributed by atoms with Crippen molar-refractivity contribution in [2.45, 2.75) is 293 Å². The molecule has 9 N–H and O–H groups in total. The van der Waals surface area contributed by atoms with Gasteiger partial charge in [0.2, 0.25) is 5.91 Å². The summed E-state index contributed by atoms with van der Waals surface area (Å²) in [5.41, 5.74) is 0. The molecule has 2 aliphatic rings. The predicted molar refractivity (Wildman–Crippen MR) is 350 cm³/mol. The van der Waals surface area contributed by atoms with Gasteiger partial charge in [0.05, 0.1) is 32.0 Å². The van der Waals surface area contributed by atoms with Crippen molar-refractivity contribution in [1.29, 1.82) is 0 Å². The molecule has 0 bridgehead atoms. The summed E-state index contributed by atoms with van der Waals surface area (Å²) in [4.78, 5) is 13.3. The van der Waals surface area contributed by atoms with Crippen molar-refractivity contribution >= 4 is 5.91 Å². The second-order valence-electron chi connectivity index (χ2n) is 22.9. The lowest BCUT2D eigenvalue weighted by Crippen LogP contribution is -2.65. The third kappa shape index (κ3) is 39.2. The number of nitrogens with one attached hydrogen (secondary N) is 1. The molecule has 0 spiro atoms. The number of ether oxygens (including phenoxy) is 4. The molecule has 1 amide bonds. The Hall–Kier alpha value is -3.87. The average molecular weight is 1210 g/mol. The van der Waals surface area contributed by atoms with Gasteiger partial charge in [-0.15, -0.1) is 0 Å². The first-order valence-corrected chi connectivity index (χ1v) is 33.4. The maximum Gasteiger partial charge on any atom is 0.220 e. The molecule has 2 heterocycles. The Kier molecular flexibility index (Phi) is 50.2. The molecule has 14 nitrogen and oxygen atoms in total. The van der Waals surface area contributed by atoms with Crippen LogP contribution in [0.3, 0.4) is 0 Å². The molecule has 0 saturated carbocycles. The highest BCUT2D eigenvalue weighted by molar-refractivity contribution is 5.76. The van der Waals surface area contributed by atoms with Gasteiger partial charge in [-0.25, -0.2) is 0 Å². The lowest BCUT2D eigenvalue weighted by Gasteiger charge is -2.46. The topological polar surface area (TPSA) is 228 Å². The van der Waals surface area contributed by atoms with Crippen LogP contribution in [0.1, 0.15) is 219 Å². The van der Waals surface area contributed by atoms with Crippen LogP contribution in [-0.4, -0.2) is 140 Å². The van der Waals surface area contributed by atoms with Crippen LogP contribution in [0.25, 0.3) is 0 Å². The van der Waals surface area contributed by atoms with E-state index in [1.807, 2.05) is 6.08 Å². The molecule has 0 aromatic carbocycles. The Bertz CT molecular complexity index is 1950. The fourth-order valence-corrected chi connectivity index (χ4v) is 10.0. The summed E-state index contributed by atoms with van der Waals surface area (Å²) < 4.78 is 22.8. The molecule has 0 radical (unpaired) electrons. The van der Waals surface area contributed by atoms with Gasteiger partial charge in [-0.3, -0.25) is 4.79 Å². The lowest BCUT2D eigenvalue weighted by atomic mass is 9.97. The predicted octanol–water partition coefficient (Wildman–Crippen LogP) is 13.1. The largest absolute Gasteiger partial charge is 0.394 e. The molecule has 2 fully saturated rings. The van der Waals surface area contributed by atoms with E-state index in [4.69, 9.17) is 18.9 Å². The zero-order chi connectivity index (χ0) is 62.3. The molecule has 0 aliphatic carbocycles. The summed E-state index contributed by atoms with van der Waals surface area (Å²) in [6.45, 7) is 2.66. The van der Waals surface area contributed by atoms with Gasteiger partial charge in [-0.2, -0.15) is 0 Å². The fraction of sp³-hybridized carbons (Fsp3) is 0.681. The van der Waals surface area contributed by atoms with Gasteiger partial charge in [-0.05, 0) is 96.3 Å². The van der Waals surface area contributed by atoms with E-state index < -0.39 is 86.8 Å². The van der Waals surface area contributed by atoms with Crippen molar-refractivity contribution < 1.29 is 64.6 Å². The number of aliphatic hydroxyl groups excluding tert-OH is 8. The Labute approximate surface area is 520 Å². The molecule has 0 aromatic heterocycles. The van der Waals surface area contributed by atoms with Gasteiger partial charge in [0.25, 0.3) is 0 Å². The summed E-state index contributed by atoms with van der Waals surface area (Å²) in [5.74, 6) is -0.269. The Morgan fingerprint density at radius 1 is 0.430 bits per heavy atom. The molecule has 2 saturated heterocycles. The van der Waals surface area contributed by atoms with Gasteiger partial charge in [-0.1, -0.05) is 250 Å². The first-order valence-electron chi connectivity index (χ1n) is 33.4. The lowest BCUT2D eigenvalue weighted by molar-refractivity contribution is -0.359. The summed E-state index contributed by atoms with van der Waals surface area (Å²) >= 11 is 0. The zero-order valence-electron chi connectivity index (χ0n) is 53.0. The van der Waals surface area contributed by atoms with Crippen LogP contribution < -0.4 is 5.32 Å². The Morgan fingerprint density at radius 2 is 0.802 bits per heavy atom. The van der Waals surface area contributed by atoms with E-state index >= 15 is 0 Å². The van der Waals surface area contributed by atoms with Crippen LogP contribution >= 0.6 is 0 Å². The molecule has 14 heteroatoms. The summed E-state index contributed by atoms with van der Waals surface area (Å²) in [7, 11) is 0. The van der Waals surface area contributed by atoms with E-state index in [0.29, 0.717) is 6.42 Å². The molecule has 2 aliphatic heterocycles. The Morgan fingerprint density at radius 3 is 1.23 bits per heavy atom. The van der Waals surface area contributed by atoms with Crippen molar-refractivity contribution in [3.8, 4) is 0 Å². The standard InChI is InChI=1S/C72H119NO13/c1-3-5-7-9-11-13-15-17-19-21-22-23-24-25-26-27-28-29-30-31-32-33-34-35-36-37-38-40-42-44-46-48-50-52-54-56-64(77)73-60(61(76)55-53-51-49-47-45-43-41-39-20-18-16-14-12-10-8-6-4-2)59-83-71-69(82)67(80)70(63(58-75)85-71)86-72-68(81)66(79)65(78)62(57-74)84-72/h5,7,11,13,17,19,22-23,25-26,28-29,31-32,34-35,37-38,42,44,53,55,60-63,65-72,74-76,78-82H,3-4,6,8-10,12,14-16,18,20-21,24,27,30,33,36,39-41,43,45-52,54,56-59H2,1-2H3,(H,73,77)/b7-5-,13-11-,19-17-,23-22-,26-25-,29-28-,32-31-,35-34-,38-37-,44-42-,55-53+. The monoisotopic (exact) mass is 1210 g/mol. The second kappa shape index (κ2) is 55.2. The van der Waals surface area contributed by atoms with E-state index in [2.05, 4.69) is 141 Å². The van der Waals surface area contributed by atoms with E-state index in [0.717, 1.165) is 109 Å². The minimum Gasteiger partial charge on any atom is -0.394 e. The van der Waals surface area contributed by atoms with E-state index in [1.54, 1.807) is 6.08 Å². The fourth-order valence-electron chi connectivity index (χ4n) is 10.0. The zero-order valence-corrected chi connectivity index (χ0v) is 53.0. The van der Waals surface area contributed by atoms with Crippen LogP contribution in [0.4, 0.5) is 0 Å². The van der Waals surface area contributed by atoms with E-state index in [9.17, 15) is 45.6 Å². The van der Waals surface area contributed by atoms with Crippen molar-refractivity contribution in [3.63, 3.8) is 0 Å². The first kappa shape index (κ1) is 78.2. The summed E-state index contributed by atoms with van der Waals surface area (Å²) in [5, 5.41) is 87.3. The normalized spacial score (nSPS) is 24.3. The van der Waals surface area contributed by atoms with Crippen LogP contribution in [0.15, 0.2) is 134 Å². The maximum atomic E-state index is 13.3. The minimum atomic E-state index is -1.80. The number of hydrogen-bond acceptors (Lipinski definition) is 13. The number of amides is 1. The molecule has 2 rings (SSSR count). The maximum absolute atomic E-state index is 13.3. The second-order valence-corrected chi connectivity index (χ2v) is 22.9. The highest BCUT2D eigenvalue weighted by atomic mass is 16.7. The summed E-state index contributed by atoms with van der Waals surface area (Å²) in [6, 6.07) is -0.939. The van der Waals surface area contributed by atoms with Crippen LogP contribution in [0.5, 0.6) is 0 Å². The number of carbonyl (C=O) groups excluding carboxylic acids is 1. The minimum absolute atomic E-state index is 0.243. The molecular formula is C72H119NO13. The number of allylic oxidation sites excluding steroid dienone is 21. The first-order chi connectivity index (χ1) is 42.1. The highest BCUT2D eigenvalue weighted by Gasteiger charge is 2.51. The number of aliphatic hydroxyl groups is 8. The molecule has 490 valence electrons. The Balaban J connectivity index is 1.71. The molecule has 86 heavy (non-hydrogen) atoms. The van der Waals surface area contributed by atoms with Crippen molar-refractivity contribution in [3.05, 3.63) is 134 Å². The van der Waals surface area contributed by atoms with Crippen LogP contribution in [-0.2, 0) is 23.7 Å². The van der Waals surface area contributed by atoms with Gasteiger partial charge < -0.3 is 65.1 Å². The SMILES string of the molecule is CC/C=C\C/C=C\C/C=C\C/C=C\C/C=C\C/C=C\C/C=C\C/C=C\C/C=C\C/C=C\CCCCCCC(=O)NC(COC1OC(CO)C(OC2OC(CO)C(O)C(O)C2O)C(O)C1O)C(O)/C=C/CCCCCCCCCCCCCCCCC. The third-order valence-electron chi connectivity index (χ3n) is 15.3. The van der Waals surface area contributed by atoms with E-state index in [-0.39, 0.29) is 18.9 Å². The van der Waals surface area contributed by atoms with Crippen molar-refractivity contribution in [1.82, 2.24) is 5.32 Å². The highest BCUT2D eigenvalue weighted by Crippen LogP contribution is 2.30. The number of rotatable bonds is 52. The molecule has 12 atom stereocenters. The van der Waals surface area contributed by atoms with Gasteiger partial charge in [0.1, 0.15) is 48.8 Å². The van der Waals surface area contributed by atoms with Gasteiger partial charge in [0.15, 0.2) is 12.6 Å². The molecular weight excluding hydrogens is 1090 g/mol. The van der Waals surface area contributed by atoms with Crippen molar-refractivity contribution in [2.75, 3.05) is 19.8 Å².